The number of aromatic nitrogens is 1. The van der Waals surface area contributed by atoms with Crippen molar-refractivity contribution in [3.05, 3.63) is 22.8 Å². The van der Waals surface area contributed by atoms with Crippen LogP contribution in [0.1, 0.15) is 13.3 Å². The van der Waals surface area contributed by atoms with Gasteiger partial charge < -0.3 is 11.1 Å². The molecule has 3 N–H and O–H groups in total. The van der Waals surface area contributed by atoms with Gasteiger partial charge in [0, 0.05) is 23.3 Å². The average Bonchev–Trinajstić information content (AvgIpc) is 2.16. The summed E-state index contributed by atoms with van der Waals surface area (Å²) in [6.45, 7) is 2.84. The highest BCUT2D eigenvalue weighted by molar-refractivity contribution is 9.10. The SMILES string of the molecule is CCC(N)CNc1ccc(Br)cn1. The molecule has 0 amide bonds. The summed E-state index contributed by atoms with van der Waals surface area (Å²) in [6, 6.07) is 4.07. The zero-order valence-corrected chi connectivity index (χ0v) is 9.21. The Balaban J connectivity index is 2.41. The van der Waals surface area contributed by atoms with Crippen molar-refractivity contribution in [2.24, 2.45) is 5.73 Å². The monoisotopic (exact) mass is 243 g/mol. The minimum atomic E-state index is 0.199. The summed E-state index contributed by atoms with van der Waals surface area (Å²) in [5.74, 6) is 0.868. The zero-order valence-electron chi connectivity index (χ0n) is 7.63. The Kier molecular flexibility index (Phi) is 4.18. The maximum atomic E-state index is 5.75. The summed E-state index contributed by atoms with van der Waals surface area (Å²) in [6.07, 6.45) is 2.74. The molecule has 0 aliphatic rings. The molecule has 0 spiro atoms. The Morgan fingerprint density at radius 3 is 2.92 bits per heavy atom. The lowest BCUT2D eigenvalue weighted by molar-refractivity contribution is 0.678. The number of nitrogens with one attached hydrogen (secondary N) is 1. The van der Waals surface area contributed by atoms with Crippen LogP contribution in [-0.2, 0) is 0 Å². The van der Waals surface area contributed by atoms with Crippen molar-refractivity contribution in [2.45, 2.75) is 19.4 Å². The van der Waals surface area contributed by atoms with Crippen LogP contribution in [0.3, 0.4) is 0 Å². The standard InChI is InChI=1S/C9H14BrN3/c1-2-8(11)6-13-9-4-3-7(10)5-12-9/h3-5,8H,2,6,11H2,1H3,(H,12,13). The van der Waals surface area contributed by atoms with Crippen molar-refractivity contribution in [3.8, 4) is 0 Å². The topological polar surface area (TPSA) is 50.9 Å². The van der Waals surface area contributed by atoms with E-state index in [-0.39, 0.29) is 6.04 Å². The van der Waals surface area contributed by atoms with Crippen molar-refractivity contribution < 1.29 is 0 Å². The largest absolute Gasteiger partial charge is 0.369 e. The van der Waals surface area contributed by atoms with Gasteiger partial charge in [0.15, 0.2) is 0 Å². The van der Waals surface area contributed by atoms with Gasteiger partial charge in [-0.15, -0.1) is 0 Å². The van der Waals surface area contributed by atoms with Gasteiger partial charge in [-0.25, -0.2) is 4.98 Å². The quantitative estimate of drug-likeness (QED) is 0.851. The molecule has 72 valence electrons. The summed E-state index contributed by atoms with van der Waals surface area (Å²) in [4.78, 5) is 4.17. The number of anilines is 1. The maximum Gasteiger partial charge on any atom is 0.126 e. The van der Waals surface area contributed by atoms with E-state index in [0.717, 1.165) is 23.3 Å². The average molecular weight is 244 g/mol. The van der Waals surface area contributed by atoms with E-state index in [1.807, 2.05) is 12.1 Å². The number of nitrogens with two attached hydrogens (primary N) is 1. The molecule has 1 unspecified atom stereocenters. The smallest absolute Gasteiger partial charge is 0.126 e. The van der Waals surface area contributed by atoms with Gasteiger partial charge in [-0.05, 0) is 34.5 Å². The van der Waals surface area contributed by atoms with Crippen molar-refractivity contribution in [3.63, 3.8) is 0 Å². The Labute approximate surface area is 86.9 Å². The second-order valence-electron chi connectivity index (χ2n) is 2.91. The van der Waals surface area contributed by atoms with Crippen LogP contribution < -0.4 is 11.1 Å². The zero-order chi connectivity index (χ0) is 9.68. The molecular formula is C9H14BrN3. The summed E-state index contributed by atoms with van der Waals surface area (Å²) >= 11 is 3.32. The molecule has 1 aromatic rings. The van der Waals surface area contributed by atoms with Crippen LogP contribution in [0.15, 0.2) is 22.8 Å². The van der Waals surface area contributed by atoms with E-state index in [2.05, 4.69) is 33.2 Å². The molecule has 0 saturated heterocycles. The van der Waals surface area contributed by atoms with Crippen molar-refractivity contribution >= 4 is 21.7 Å². The van der Waals surface area contributed by atoms with Gasteiger partial charge in [0.25, 0.3) is 0 Å². The Morgan fingerprint density at radius 1 is 1.62 bits per heavy atom. The first-order valence-electron chi connectivity index (χ1n) is 4.33. The predicted octanol–water partition coefficient (Wildman–Crippen LogP) is 1.99. The summed E-state index contributed by atoms with van der Waals surface area (Å²) < 4.78 is 0.984. The van der Waals surface area contributed by atoms with Crippen LogP contribution >= 0.6 is 15.9 Å². The van der Waals surface area contributed by atoms with E-state index >= 15 is 0 Å². The van der Waals surface area contributed by atoms with E-state index < -0.39 is 0 Å². The van der Waals surface area contributed by atoms with E-state index in [0.29, 0.717) is 0 Å². The van der Waals surface area contributed by atoms with Crippen LogP contribution in [-0.4, -0.2) is 17.6 Å². The Bertz CT molecular complexity index is 248. The van der Waals surface area contributed by atoms with Crippen LogP contribution in [0.5, 0.6) is 0 Å². The third-order valence-electron chi connectivity index (χ3n) is 1.80. The van der Waals surface area contributed by atoms with Crippen LogP contribution in [0.4, 0.5) is 5.82 Å². The number of hydrogen-bond donors (Lipinski definition) is 2. The van der Waals surface area contributed by atoms with Crippen molar-refractivity contribution in [2.75, 3.05) is 11.9 Å². The van der Waals surface area contributed by atoms with Crippen LogP contribution in [0.25, 0.3) is 0 Å². The molecule has 0 fully saturated rings. The van der Waals surface area contributed by atoms with Gasteiger partial charge in [0.1, 0.15) is 5.82 Å². The van der Waals surface area contributed by atoms with E-state index in [4.69, 9.17) is 5.73 Å². The molecule has 0 aromatic carbocycles. The number of pyridine rings is 1. The summed E-state index contributed by atoms with van der Waals surface area (Å²) in [5, 5.41) is 3.17. The minimum Gasteiger partial charge on any atom is -0.369 e. The third kappa shape index (κ3) is 3.74. The summed E-state index contributed by atoms with van der Waals surface area (Å²) in [7, 11) is 0. The highest BCUT2D eigenvalue weighted by Crippen LogP contribution is 2.10. The number of halogens is 1. The molecule has 1 aromatic heterocycles. The van der Waals surface area contributed by atoms with Gasteiger partial charge in [-0.3, -0.25) is 0 Å². The van der Waals surface area contributed by atoms with E-state index in [1.54, 1.807) is 6.20 Å². The van der Waals surface area contributed by atoms with E-state index in [9.17, 15) is 0 Å². The van der Waals surface area contributed by atoms with Gasteiger partial charge in [-0.2, -0.15) is 0 Å². The molecule has 0 aliphatic heterocycles. The molecule has 1 heterocycles. The molecule has 1 rings (SSSR count). The molecule has 0 saturated carbocycles. The van der Waals surface area contributed by atoms with Gasteiger partial charge >= 0.3 is 0 Å². The Hall–Kier alpha value is -0.610. The number of nitrogens with zero attached hydrogens (tertiary/aromatic N) is 1. The first-order chi connectivity index (χ1) is 6.22. The second kappa shape index (κ2) is 5.19. The molecule has 1 atom stereocenters. The first-order valence-corrected chi connectivity index (χ1v) is 5.12. The fourth-order valence-electron chi connectivity index (χ4n) is 0.860. The first kappa shape index (κ1) is 10.5. The lowest BCUT2D eigenvalue weighted by Gasteiger charge is -2.10. The fourth-order valence-corrected chi connectivity index (χ4v) is 1.09. The molecule has 0 bridgehead atoms. The van der Waals surface area contributed by atoms with E-state index in [1.165, 1.54) is 0 Å². The number of rotatable bonds is 4. The highest BCUT2D eigenvalue weighted by atomic mass is 79.9. The minimum absolute atomic E-state index is 0.199. The fraction of sp³-hybridized carbons (Fsp3) is 0.444. The van der Waals surface area contributed by atoms with Crippen molar-refractivity contribution in [1.82, 2.24) is 4.98 Å². The molecule has 0 aliphatic carbocycles. The lowest BCUT2D eigenvalue weighted by Crippen LogP contribution is -2.28. The van der Waals surface area contributed by atoms with Gasteiger partial charge in [0.05, 0.1) is 0 Å². The molecule has 0 radical (unpaired) electrons. The molecule has 13 heavy (non-hydrogen) atoms. The third-order valence-corrected chi connectivity index (χ3v) is 2.27. The predicted molar refractivity (Wildman–Crippen MR) is 58.7 cm³/mol. The summed E-state index contributed by atoms with van der Waals surface area (Å²) in [5.41, 5.74) is 5.75. The lowest BCUT2D eigenvalue weighted by atomic mass is 10.2. The molecule has 4 heteroatoms. The molecular weight excluding hydrogens is 230 g/mol. The normalized spacial score (nSPS) is 12.5. The second-order valence-corrected chi connectivity index (χ2v) is 3.83. The molecule has 3 nitrogen and oxygen atoms in total. The maximum absolute atomic E-state index is 5.75. The van der Waals surface area contributed by atoms with Crippen molar-refractivity contribution in [1.29, 1.82) is 0 Å². The van der Waals surface area contributed by atoms with Gasteiger partial charge in [0.2, 0.25) is 0 Å². The van der Waals surface area contributed by atoms with Crippen LogP contribution in [0.2, 0.25) is 0 Å². The highest BCUT2D eigenvalue weighted by Gasteiger charge is 1.98. The Morgan fingerprint density at radius 2 is 2.38 bits per heavy atom. The number of hydrogen-bond acceptors (Lipinski definition) is 3. The van der Waals surface area contributed by atoms with Gasteiger partial charge in [-0.1, -0.05) is 6.92 Å². The van der Waals surface area contributed by atoms with Crippen LogP contribution in [0, 0.1) is 0 Å².